The van der Waals surface area contributed by atoms with E-state index in [9.17, 15) is 9.18 Å². The van der Waals surface area contributed by atoms with Crippen molar-refractivity contribution >= 4 is 11.6 Å². The average Bonchev–Trinajstić information content (AvgIpc) is 2.63. The van der Waals surface area contributed by atoms with Crippen LogP contribution in [-0.2, 0) is 7.05 Å². The van der Waals surface area contributed by atoms with Crippen LogP contribution in [0.5, 0.6) is 0 Å². The lowest BCUT2D eigenvalue weighted by Crippen LogP contribution is -2.16. The molecular formula is C13H13FN2O. The van der Waals surface area contributed by atoms with Crippen molar-refractivity contribution in [3.63, 3.8) is 0 Å². The number of anilines is 1. The SMILES string of the molecule is Cc1ccc(C(=O)Nc2ccccc2F)n1C. The van der Waals surface area contributed by atoms with Gasteiger partial charge < -0.3 is 9.88 Å². The Labute approximate surface area is 98.9 Å². The van der Waals surface area contributed by atoms with Gasteiger partial charge in [0.05, 0.1) is 5.69 Å². The topological polar surface area (TPSA) is 34.0 Å². The number of rotatable bonds is 2. The number of benzene rings is 1. The van der Waals surface area contributed by atoms with E-state index in [0.717, 1.165) is 5.69 Å². The normalized spacial score (nSPS) is 10.3. The van der Waals surface area contributed by atoms with E-state index in [0.29, 0.717) is 5.69 Å². The van der Waals surface area contributed by atoms with Gasteiger partial charge in [-0.1, -0.05) is 12.1 Å². The monoisotopic (exact) mass is 232 g/mol. The van der Waals surface area contributed by atoms with Crippen LogP contribution in [0.3, 0.4) is 0 Å². The Morgan fingerprint density at radius 3 is 2.53 bits per heavy atom. The molecule has 0 aliphatic rings. The molecule has 0 saturated carbocycles. The first-order valence-electron chi connectivity index (χ1n) is 5.28. The summed E-state index contributed by atoms with van der Waals surface area (Å²) in [6.45, 7) is 1.90. The zero-order valence-corrected chi connectivity index (χ0v) is 9.70. The number of nitrogens with zero attached hydrogens (tertiary/aromatic N) is 1. The second-order valence-corrected chi connectivity index (χ2v) is 3.85. The van der Waals surface area contributed by atoms with Crippen LogP contribution in [0.4, 0.5) is 10.1 Å². The third-order valence-corrected chi connectivity index (χ3v) is 2.73. The summed E-state index contributed by atoms with van der Waals surface area (Å²) in [6.07, 6.45) is 0. The van der Waals surface area contributed by atoms with Crippen molar-refractivity contribution < 1.29 is 9.18 Å². The predicted octanol–water partition coefficient (Wildman–Crippen LogP) is 2.72. The minimum Gasteiger partial charge on any atom is -0.344 e. The Kier molecular flexibility index (Phi) is 2.95. The zero-order valence-electron chi connectivity index (χ0n) is 9.70. The molecule has 2 rings (SSSR count). The molecule has 1 aromatic carbocycles. The van der Waals surface area contributed by atoms with Crippen LogP contribution in [-0.4, -0.2) is 10.5 Å². The first kappa shape index (κ1) is 11.4. The fourth-order valence-corrected chi connectivity index (χ4v) is 1.59. The van der Waals surface area contributed by atoms with E-state index in [-0.39, 0.29) is 11.6 Å². The van der Waals surface area contributed by atoms with Gasteiger partial charge in [0.2, 0.25) is 0 Å². The number of nitrogens with one attached hydrogen (secondary N) is 1. The average molecular weight is 232 g/mol. The van der Waals surface area contributed by atoms with Crippen LogP contribution in [0.15, 0.2) is 36.4 Å². The van der Waals surface area contributed by atoms with E-state index in [4.69, 9.17) is 0 Å². The lowest BCUT2D eigenvalue weighted by atomic mass is 10.3. The minimum absolute atomic E-state index is 0.191. The minimum atomic E-state index is -0.438. The fourth-order valence-electron chi connectivity index (χ4n) is 1.59. The van der Waals surface area contributed by atoms with Gasteiger partial charge in [0.15, 0.2) is 0 Å². The van der Waals surface area contributed by atoms with E-state index in [1.54, 1.807) is 29.8 Å². The number of aromatic nitrogens is 1. The van der Waals surface area contributed by atoms with E-state index in [1.807, 2.05) is 13.0 Å². The lowest BCUT2D eigenvalue weighted by Gasteiger charge is -2.07. The Morgan fingerprint density at radius 2 is 1.94 bits per heavy atom. The molecule has 0 aliphatic carbocycles. The maximum atomic E-state index is 13.3. The maximum absolute atomic E-state index is 13.3. The summed E-state index contributed by atoms with van der Waals surface area (Å²) in [6, 6.07) is 9.66. The summed E-state index contributed by atoms with van der Waals surface area (Å²) in [4.78, 5) is 11.9. The van der Waals surface area contributed by atoms with Crippen molar-refractivity contribution in [3.05, 3.63) is 53.6 Å². The molecule has 0 unspecified atom stereocenters. The zero-order chi connectivity index (χ0) is 12.4. The first-order chi connectivity index (χ1) is 8.09. The number of carbonyl (C=O) groups excluding carboxylic acids is 1. The quantitative estimate of drug-likeness (QED) is 0.848. The van der Waals surface area contributed by atoms with Gasteiger partial charge in [0.25, 0.3) is 5.91 Å². The van der Waals surface area contributed by atoms with Crippen molar-refractivity contribution in [2.75, 3.05) is 5.32 Å². The van der Waals surface area contributed by atoms with E-state index in [1.165, 1.54) is 12.1 Å². The molecule has 1 N–H and O–H groups in total. The van der Waals surface area contributed by atoms with Crippen LogP contribution < -0.4 is 5.32 Å². The van der Waals surface area contributed by atoms with Crippen LogP contribution in [0.25, 0.3) is 0 Å². The molecule has 1 heterocycles. The smallest absolute Gasteiger partial charge is 0.272 e. The van der Waals surface area contributed by atoms with Crippen molar-refractivity contribution in [1.29, 1.82) is 0 Å². The number of para-hydroxylation sites is 1. The number of carbonyl (C=O) groups is 1. The molecule has 1 amide bonds. The summed E-state index contributed by atoms with van der Waals surface area (Å²) in [7, 11) is 1.80. The molecule has 2 aromatic rings. The molecule has 0 radical (unpaired) electrons. The van der Waals surface area contributed by atoms with Crippen molar-refractivity contribution in [2.24, 2.45) is 7.05 Å². The van der Waals surface area contributed by atoms with Crippen LogP contribution >= 0.6 is 0 Å². The Hall–Kier alpha value is -2.10. The van der Waals surface area contributed by atoms with E-state index >= 15 is 0 Å². The van der Waals surface area contributed by atoms with Gasteiger partial charge in [-0.25, -0.2) is 4.39 Å². The first-order valence-corrected chi connectivity index (χ1v) is 5.28. The highest BCUT2D eigenvalue weighted by molar-refractivity contribution is 6.03. The molecule has 0 aliphatic heterocycles. The molecule has 17 heavy (non-hydrogen) atoms. The molecule has 0 saturated heterocycles. The highest BCUT2D eigenvalue weighted by atomic mass is 19.1. The molecule has 3 nitrogen and oxygen atoms in total. The Morgan fingerprint density at radius 1 is 1.24 bits per heavy atom. The van der Waals surface area contributed by atoms with Crippen LogP contribution in [0.2, 0.25) is 0 Å². The van der Waals surface area contributed by atoms with Crippen molar-refractivity contribution in [2.45, 2.75) is 6.92 Å². The standard InChI is InChI=1S/C13H13FN2O/c1-9-7-8-12(16(9)2)13(17)15-11-6-4-3-5-10(11)14/h3-8H,1-2H3,(H,15,17). The molecule has 88 valence electrons. The lowest BCUT2D eigenvalue weighted by molar-refractivity contribution is 0.101. The number of amides is 1. The molecule has 0 bridgehead atoms. The van der Waals surface area contributed by atoms with Gasteiger partial charge in [0, 0.05) is 12.7 Å². The summed E-state index contributed by atoms with van der Waals surface area (Å²) < 4.78 is 15.1. The number of hydrogen-bond donors (Lipinski definition) is 1. The number of halogens is 1. The Balaban J connectivity index is 2.23. The van der Waals surface area contributed by atoms with Gasteiger partial charge in [-0.3, -0.25) is 4.79 Å². The number of hydrogen-bond acceptors (Lipinski definition) is 1. The van der Waals surface area contributed by atoms with Gasteiger partial charge in [-0.05, 0) is 31.2 Å². The fraction of sp³-hybridized carbons (Fsp3) is 0.154. The van der Waals surface area contributed by atoms with Crippen LogP contribution in [0.1, 0.15) is 16.2 Å². The van der Waals surface area contributed by atoms with Crippen LogP contribution in [0, 0.1) is 12.7 Å². The number of aryl methyl sites for hydroxylation is 1. The highest BCUT2D eigenvalue weighted by Crippen LogP contribution is 2.14. The third-order valence-electron chi connectivity index (χ3n) is 2.73. The van der Waals surface area contributed by atoms with Gasteiger partial charge in [-0.15, -0.1) is 0 Å². The summed E-state index contributed by atoms with van der Waals surface area (Å²) >= 11 is 0. The highest BCUT2D eigenvalue weighted by Gasteiger charge is 2.12. The van der Waals surface area contributed by atoms with E-state index < -0.39 is 5.82 Å². The summed E-state index contributed by atoms with van der Waals surface area (Å²) in [5.41, 5.74) is 1.67. The molecule has 0 spiro atoms. The van der Waals surface area contributed by atoms with Crippen molar-refractivity contribution in [3.8, 4) is 0 Å². The largest absolute Gasteiger partial charge is 0.344 e. The van der Waals surface area contributed by atoms with Gasteiger partial charge in [-0.2, -0.15) is 0 Å². The predicted molar refractivity (Wildman–Crippen MR) is 64.5 cm³/mol. The third kappa shape index (κ3) is 2.20. The second-order valence-electron chi connectivity index (χ2n) is 3.85. The summed E-state index contributed by atoms with van der Waals surface area (Å²) in [5, 5.41) is 2.55. The van der Waals surface area contributed by atoms with Crippen molar-refractivity contribution in [1.82, 2.24) is 4.57 Å². The van der Waals surface area contributed by atoms with Gasteiger partial charge in [0.1, 0.15) is 11.5 Å². The molecule has 0 atom stereocenters. The molecular weight excluding hydrogens is 219 g/mol. The summed E-state index contributed by atoms with van der Waals surface area (Å²) in [5.74, 6) is -0.752. The van der Waals surface area contributed by atoms with Gasteiger partial charge >= 0.3 is 0 Å². The second kappa shape index (κ2) is 4.41. The molecule has 4 heteroatoms. The molecule has 0 fully saturated rings. The Bertz CT molecular complexity index is 560. The van der Waals surface area contributed by atoms with E-state index in [2.05, 4.69) is 5.32 Å². The molecule has 1 aromatic heterocycles. The maximum Gasteiger partial charge on any atom is 0.272 e.